The molecular weight excluding hydrogens is 344 g/mol. The van der Waals surface area contributed by atoms with E-state index in [0.29, 0.717) is 0 Å². The van der Waals surface area contributed by atoms with Gasteiger partial charge in [0.05, 0.1) is 15.8 Å². The molecule has 0 saturated carbocycles. The number of nitrogens with two attached hydrogens (primary N) is 1. The van der Waals surface area contributed by atoms with Crippen LogP contribution in [0.5, 0.6) is 0 Å². The molecule has 0 aliphatic carbocycles. The molecular formula is C13H15FIN3. The summed E-state index contributed by atoms with van der Waals surface area (Å²) >= 11 is 2.20. The van der Waals surface area contributed by atoms with Crippen LogP contribution in [0, 0.1) is 9.39 Å². The van der Waals surface area contributed by atoms with Crippen LogP contribution in [0.4, 0.5) is 4.39 Å². The van der Waals surface area contributed by atoms with Crippen LogP contribution in [0.2, 0.25) is 0 Å². The van der Waals surface area contributed by atoms with Crippen LogP contribution in [0.1, 0.15) is 24.9 Å². The highest BCUT2D eigenvalue weighted by Gasteiger charge is 2.21. The summed E-state index contributed by atoms with van der Waals surface area (Å²) in [5.41, 5.74) is 7.01. The lowest BCUT2D eigenvalue weighted by atomic mass is 9.98. The molecule has 0 amide bonds. The molecule has 3 nitrogen and oxygen atoms in total. The molecule has 96 valence electrons. The number of rotatable bonds is 4. The van der Waals surface area contributed by atoms with Crippen LogP contribution in [-0.4, -0.2) is 15.8 Å². The summed E-state index contributed by atoms with van der Waals surface area (Å²) in [6.45, 7) is 2.02. The zero-order valence-corrected chi connectivity index (χ0v) is 12.2. The Balaban J connectivity index is 2.43. The molecule has 0 radical (unpaired) electrons. The van der Waals surface area contributed by atoms with Gasteiger partial charge in [-0.05, 0) is 46.7 Å². The summed E-state index contributed by atoms with van der Waals surface area (Å²) in [5, 5.41) is 4.30. The molecule has 2 atom stereocenters. The van der Waals surface area contributed by atoms with Gasteiger partial charge in [0, 0.05) is 12.2 Å². The molecule has 0 saturated heterocycles. The van der Waals surface area contributed by atoms with Crippen molar-refractivity contribution >= 4 is 22.6 Å². The fourth-order valence-corrected chi connectivity index (χ4v) is 2.39. The summed E-state index contributed by atoms with van der Waals surface area (Å²) in [6.07, 6.45) is 4.50. The molecule has 0 aliphatic heterocycles. The zero-order valence-electron chi connectivity index (χ0n) is 10.1. The topological polar surface area (TPSA) is 43.8 Å². The molecule has 2 N–H and O–H groups in total. The second kappa shape index (κ2) is 5.79. The van der Waals surface area contributed by atoms with Crippen molar-refractivity contribution in [2.24, 2.45) is 5.73 Å². The Morgan fingerprint density at radius 3 is 2.83 bits per heavy atom. The van der Waals surface area contributed by atoms with Gasteiger partial charge in [0.15, 0.2) is 0 Å². The average Bonchev–Trinajstić information content (AvgIpc) is 2.76. The maximum absolute atomic E-state index is 13.3. The first-order valence-electron chi connectivity index (χ1n) is 5.82. The van der Waals surface area contributed by atoms with Gasteiger partial charge < -0.3 is 5.73 Å². The molecule has 5 heteroatoms. The minimum absolute atomic E-state index is 0.0949. The highest BCUT2D eigenvalue weighted by molar-refractivity contribution is 14.1. The number of halogens is 2. The van der Waals surface area contributed by atoms with E-state index in [2.05, 4.69) is 27.7 Å². The third-order valence-corrected chi connectivity index (χ3v) is 3.48. The lowest BCUT2D eigenvalue weighted by Gasteiger charge is -2.24. The molecule has 0 spiro atoms. The Labute approximate surface area is 119 Å². The van der Waals surface area contributed by atoms with Crippen molar-refractivity contribution in [3.8, 4) is 0 Å². The van der Waals surface area contributed by atoms with Gasteiger partial charge in [-0.2, -0.15) is 5.10 Å². The van der Waals surface area contributed by atoms with Gasteiger partial charge >= 0.3 is 0 Å². The van der Waals surface area contributed by atoms with Crippen LogP contribution in [-0.2, 0) is 0 Å². The van der Waals surface area contributed by atoms with Crippen LogP contribution in [0.15, 0.2) is 36.7 Å². The number of benzene rings is 1. The van der Waals surface area contributed by atoms with Crippen molar-refractivity contribution in [1.29, 1.82) is 0 Å². The van der Waals surface area contributed by atoms with E-state index < -0.39 is 0 Å². The third-order valence-electron chi connectivity index (χ3n) is 2.92. The number of hydrogen-bond acceptors (Lipinski definition) is 2. The summed E-state index contributed by atoms with van der Waals surface area (Å²) < 4.78 is 16.2. The maximum Gasteiger partial charge on any atom is 0.123 e. The normalized spacial score (nSPS) is 14.4. The van der Waals surface area contributed by atoms with Gasteiger partial charge in [-0.15, -0.1) is 0 Å². The lowest BCUT2D eigenvalue weighted by molar-refractivity contribution is 0.422. The third kappa shape index (κ3) is 2.89. The Morgan fingerprint density at radius 2 is 2.28 bits per heavy atom. The van der Waals surface area contributed by atoms with Gasteiger partial charge in [-0.3, -0.25) is 4.68 Å². The van der Waals surface area contributed by atoms with Gasteiger partial charge in [-0.25, -0.2) is 4.39 Å². The van der Waals surface area contributed by atoms with Crippen LogP contribution in [0.3, 0.4) is 0 Å². The first-order chi connectivity index (χ1) is 8.61. The zero-order chi connectivity index (χ0) is 13.1. The van der Waals surface area contributed by atoms with Crippen molar-refractivity contribution in [3.05, 3.63) is 51.6 Å². The molecule has 2 unspecified atom stereocenters. The molecule has 0 fully saturated rings. The van der Waals surface area contributed by atoms with Crippen molar-refractivity contribution in [2.75, 3.05) is 0 Å². The predicted octanol–water partition coefficient (Wildman–Crippen LogP) is 2.95. The second-order valence-corrected chi connectivity index (χ2v) is 5.46. The number of nitrogens with zero attached hydrogens (tertiary/aromatic N) is 2. The van der Waals surface area contributed by atoms with Crippen LogP contribution in [0.25, 0.3) is 0 Å². The highest BCUT2D eigenvalue weighted by Crippen LogP contribution is 2.23. The summed E-state index contributed by atoms with van der Waals surface area (Å²) in [4.78, 5) is 0. The molecule has 1 heterocycles. The van der Waals surface area contributed by atoms with Gasteiger partial charge in [0.1, 0.15) is 5.82 Å². The molecule has 1 aromatic carbocycles. The highest BCUT2D eigenvalue weighted by atomic mass is 127. The van der Waals surface area contributed by atoms with E-state index in [0.717, 1.165) is 15.6 Å². The average molecular weight is 359 g/mol. The summed E-state index contributed by atoms with van der Waals surface area (Å²) in [7, 11) is 0. The Morgan fingerprint density at radius 1 is 1.50 bits per heavy atom. The standard InChI is InChI=1S/C13H15FIN3/c1-2-12(16)13(18-8-11(15)7-17-18)9-4-3-5-10(14)6-9/h3-8,12-13H,2,16H2,1H3. The van der Waals surface area contributed by atoms with Crippen LogP contribution >= 0.6 is 22.6 Å². The van der Waals surface area contributed by atoms with Gasteiger partial charge in [0.2, 0.25) is 0 Å². The molecule has 2 rings (SSSR count). The summed E-state index contributed by atoms with van der Waals surface area (Å²) in [6, 6.07) is 6.32. The molecule has 1 aromatic heterocycles. The minimum Gasteiger partial charge on any atom is -0.326 e. The molecule has 2 aromatic rings. The van der Waals surface area contributed by atoms with E-state index in [1.54, 1.807) is 12.3 Å². The molecule has 0 aliphatic rings. The quantitative estimate of drug-likeness (QED) is 0.854. The minimum atomic E-state index is -0.248. The van der Waals surface area contributed by atoms with E-state index in [1.165, 1.54) is 12.1 Å². The van der Waals surface area contributed by atoms with E-state index in [1.807, 2.05) is 23.9 Å². The smallest absolute Gasteiger partial charge is 0.123 e. The van der Waals surface area contributed by atoms with E-state index in [9.17, 15) is 4.39 Å². The van der Waals surface area contributed by atoms with Gasteiger partial charge in [0.25, 0.3) is 0 Å². The second-order valence-electron chi connectivity index (χ2n) is 4.21. The van der Waals surface area contributed by atoms with Crippen molar-refractivity contribution < 1.29 is 4.39 Å². The predicted molar refractivity (Wildman–Crippen MR) is 77.7 cm³/mol. The summed E-state index contributed by atoms with van der Waals surface area (Å²) in [5.74, 6) is -0.248. The fraction of sp³-hybridized carbons (Fsp3) is 0.308. The van der Waals surface area contributed by atoms with Crippen LogP contribution < -0.4 is 5.73 Å². The SMILES string of the molecule is CCC(N)C(c1cccc(F)c1)n1cc(I)cn1. The molecule has 18 heavy (non-hydrogen) atoms. The molecule has 0 bridgehead atoms. The first kappa shape index (κ1) is 13.5. The number of hydrogen-bond donors (Lipinski definition) is 1. The van der Waals surface area contributed by atoms with Crippen molar-refractivity contribution in [1.82, 2.24) is 9.78 Å². The monoisotopic (exact) mass is 359 g/mol. The van der Waals surface area contributed by atoms with Crippen molar-refractivity contribution in [2.45, 2.75) is 25.4 Å². The number of aromatic nitrogens is 2. The largest absolute Gasteiger partial charge is 0.326 e. The Bertz CT molecular complexity index is 526. The lowest BCUT2D eigenvalue weighted by Crippen LogP contribution is -2.32. The van der Waals surface area contributed by atoms with E-state index in [4.69, 9.17) is 5.73 Å². The fourth-order valence-electron chi connectivity index (χ4n) is 1.98. The van der Waals surface area contributed by atoms with Crippen molar-refractivity contribution in [3.63, 3.8) is 0 Å². The Kier molecular flexibility index (Phi) is 4.34. The maximum atomic E-state index is 13.3. The Hall–Kier alpha value is -0.950. The van der Waals surface area contributed by atoms with E-state index >= 15 is 0 Å². The van der Waals surface area contributed by atoms with E-state index in [-0.39, 0.29) is 17.9 Å². The first-order valence-corrected chi connectivity index (χ1v) is 6.90. The van der Waals surface area contributed by atoms with Gasteiger partial charge in [-0.1, -0.05) is 19.1 Å².